The second-order valence-electron chi connectivity index (χ2n) is 7.07. The third-order valence-corrected chi connectivity index (χ3v) is 5.41. The van der Waals surface area contributed by atoms with E-state index in [1.165, 1.54) is 24.8 Å². The van der Waals surface area contributed by atoms with Crippen molar-refractivity contribution < 1.29 is 0 Å². The minimum absolute atomic E-state index is 0.380. The maximum atomic E-state index is 6.37. The van der Waals surface area contributed by atoms with Crippen LogP contribution >= 0.6 is 15.9 Å². The molecule has 2 nitrogen and oxygen atoms in total. The van der Waals surface area contributed by atoms with Crippen molar-refractivity contribution in [3.05, 3.63) is 34.3 Å². The second kappa shape index (κ2) is 7.75. The lowest BCUT2D eigenvalue weighted by molar-refractivity contribution is 0.147. The quantitative estimate of drug-likeness (QED) is 0.856. The fraction of sp³-hybridized carbons (Fsp3) is 0.667. The smallest absolute Gasteiger partial charge is 0.0231 e. The predicted octanol–water partition coefficient (Wildman–Crippen LogP) is 4.28. The van der Waals surface area contributed by atoms with E-state index in [0.717, 1.165) is 29.4 Å². The van der Waals surface area contributed by atoms with Crippen LogP contribution < -0.4 is 5.73 Å². The van der Waals surface area contributed by atoms with Crippen molar-refractivity contribution in [3.63, 3.8) is 0 Å². The van der Waals surface area contributed by atoms with E-state index < -0.39 is 0 Å². The van der Waals surface area contributed by atoms with E-state index >= 15 is 0 Å². The van der Waals surface area contributed by atoms with Gasteiger partial charge in [0.15, 0.2) is 0 Å². The molecule has 0 saturated heterocycles. The van der Waals surface area contributed by atoms with Crippen molar-refractivity contribution in [3.8, 4) is 0 Å². The van der Waals surface area contributed by atoms with Crippen molar-refractivity contribution in [2.24, 2.45) is 23.5 Å². The van der Waals surface area contributed by atoms with Crippen molar-refractivity contribution in [1.82, 2.24) is 4.90 Å². The van der Waals surface area contributed by atoms with Crippen molar-refractivity contribution in [2.75, 3.05) is 13.6 Å². The Morgan fingerprint density at radius 2 is 2.10 bits per heavy atom. The molecule has 0 radical (unpaired) electrons. The molecule has 0 aromatic heterocycles. The summed E-state index contributed by atoms with van der Waals surface area (Å²) >= 11 is 3.55. The Labute approximate surface area is 138 Å². The Bertz CT molecular complexity index is 447. The van der Waals surface area contributed by atoms with Crippen LogP contribution in [0, 0.1) is 17.8 Å². The molecule has 3 unspecified atom stereocenters. The first-order valence-corrected chi connectivity index (χ1v) is 8.93. The summed E-state index contributed by atoms with van der Waals surface area (Å²) < 4.78 is 1.16. The zero-order chi connectivity index (χ0) is 15.4. The Morgan fingerprint density at radius 1 is 1.33 bits per heavy atom. The van der Waals surface area contributed by atoms with E-state index in [2.05, 4.69) is 66.0 Å². The Morgan fingerprint density at radius 3 is 2.76 bits per heavy atom. The highest BCUT2D eigenvalue weighted by Crippen LogP contribution is 2.33. The van der Waals surface area contributed by atoms with Crippen LogP contribution in [-0.4, -0.2) is 24.5 Å². The highest BCUT2D eigenvalue weighted by Gasteiger charge is 2.30. The van der Waals surface area contributed by atoms with E-state index in [4.69, 9.17) is 5.73 Å². The SMILES string of the molecule is CC(C)C1CCC(N)C(CN(C)Cc2cccc(Br)c2)C1. The van der Waals surface area contributed by atoms with E-state index in [1.54, 1.807) is 0 Å². The monoisotopic (exact) mass is 352 g/mol. The van der Waals surface area contributed by atoms with Crippen LogP contribution in [-0.2, 0) is 6.54 Å². The van der Waals surface area contributed by atoms with Crippen LogP contribution in [0.2, 0.25) is 0 Å². The third-order valence-electron chi connectivity index (χ3n) is 4.91. The molecule has 0 bridgehead atoms. The molecule has 1 aromatic carbocycles. The largest absolute Gasteiger partial charge is 0.327 e. The standard InChI is InChI=1S/C18H29BrN2/c1-13(2)15-7-8-18(20)16(10-15)12-21(3)11-14-5-4-6-17(19)9-14/h4-6,9,13,15-16,18H,7-8,10-12,20H2,1-3H3. The van der Waals surface area contributed by atoms with Gasteiger partial charge in [0.05, 0.1) is 0 Å². The van der Waals surface area contributed by atoms with Crippen molar-refractivity contribution in [1.29, 1.82) is 0 Å². The molecular weight excluding hydrogens is 324 g/mol. The molecule has 0 spiro atoms. The topological polar surface area (TPSA) is 29.3 Å². The summed E-state index contributed by atoms with van der Waals surface area (Å²) in [6.07, 6.45) is 3.80. The van der Waals surface area contributed by atoms with Gasteiger partial charge in [-0.2, -0.15) is 0 Å². The maximum absolute atomic E-state index is 6.37. The summed E-state index contributed by atoms with van der Waals surface area (Å²) in [6, 6.07) is 8.96. The van der Waals surface area contributed by atoms with Crippen LogP contribution in [0.1, 0.15) is 38.7 Å². The lowest BCUT2D eigenvalue weighted by Gasteiger charge is -2.38. The summed E-state index contributed by atoms with van der Waals surface area (Å²) in [4.78, 5) is 2.43. The molecule has 1 aromatic rings. The third kappa shape index (κ3) is 5.08. The van der Waals surface area contributed by atoms with Gasteiger partial charge in [-0.15, -0.1) is 0 Å². The van der Waals surface area contributed by atoms with Crippen molar-refractivity contribution >= 4 is 15.9 Å². The maximum Gasteiger partial charge on any atom is 0.0231 e. The zero-order valence-corrected chi connectivity index (χ0v) is 15.1. The van der Waals surface area contributed by atoms with E-state index in [0.29, 0.717) is 12.0 Å². The van der Waals surface area contributed by atoms with Gasteiger partial charge in [0.1, 0.15) is 0 Å². The van der Waals surface area contributed by atoms with Gasteiger partial charge in [-0.25, -0.2) is 0 Å². The first-order chi connectivity index (χ1) is 9.95. The van der Waals surface area contributed by atoms with E-state index in [1.807, 2.05) is 0 Å². The second-order valence-corrected chi connectivity index (χ2v) is 7.98. The van der Waals surface area contributed by atoms with Gasteiger partial charge in [0.2, 0.25) is 0 Å². The molecule has 118 valence electrons. The van der Waals surface area contributed by atoms with Crippen molar-refractivity contribution in [2.45, 2.75) is 45.7 Å². The lowest BCUT2D eigenvalue weighted by Crippen LogP contribution is -2.42. The summed E-state index contributed by atoms with van der Waals surface area (Å²) in [5.74, 6) is 2.28. The molecule has 0 aliphatic heterocycles. The van der Waals surface area contributed by atoms with Gasteiger partial charge in [0, 0.05) is 23.6 Å². The molecule has 0 heterocycles. The normalized spacial score (nSPS) is 26.5. The van der Waals surface area contributed by atoms with Gasteiger partial charge in [0.25, 0.3) is 0 Å². The Hall–Kier alpha value is -0.380. The van der Waals surface area contributed by atoms with Gasteiger partial charge in [-0.3, -0.25) is 0 Å². The Balaban J connectivity index is 1.90. The summed E-state index contributed by atoms with van der Waals surface area (Å²) in [7, 11) is 2.21. The number of nitrogens with two attached hydrogens (primary N) is 1. The molecule has 21 heavy (non-hydrogen) atoms. The minimum Gasteiger partial charge on any atom is -0.327 e. The number of nitrogens with zero attached hydrogens (tertiary/aromatic N) is 1. The average Bonchev–Trinajstić information content (AvgIpc) is 2.41. The molecule has 3 heteroatoms. The van der Waals surface area contributed by atoms with E-state index in [-0.39, 0.29) is 0 Å². The van der Waals surface area contributed by atoms with Crippen LogP contribution in [0.4, 0.5) is 0 Å². The summed E-state index contributed by atoms with van der Waals surface area (Å²) in [6.45, 7) is 6.81. The molecule has 1 saturated carbocycles. The molecule has 1 fully saturated rings. The molecule has 1 aliphatic carbocycles. The number of halogens is 1. The molecule has 2 N–H and O–H groups in total. The highest BCUT2D eigenvalue weighted by atomic mass is 79.9. The van der Waals surface area contributed by atoms with Gasteiger partial charge in [-0.1, -0.05) is 41.9 Å². The van der Waals surface area contributed by atoms with Crippen LogP contribution in [0.25, 0.3) is 0 Å². The van der Waals surface area contributed by atoms with Gasteiger partial charge < -0.3 is 10.6 Å². The summed E-state index contributed by atoms with van der Waals surface area (Å²) in [5.41, 5.74) is 7.73. The Kier molecular flexibility index (Phi) is 6.27. The predicted molar refractivity (Wildman–Crippen MR) is 94.1 cm³/mol. The number of benzene rings is 1. The van der Waals surface area contributed by atoms with Crippen LogP contribution in [0.5, 0.6) is 0 Å². The average molecular weight is 353 g/mol. The number of hydrogen-bond acceptors (Lipinski definition) is 2. The summed E-state index contributed by atoms with van der Waals surface area (Å²) in [5, 5.41) is 0. The molecule has 0 amide bonds. The van der Waals surface area contributed by atoms with Crippen LogP contribution in [0.15, 0.2) is 28.7 Å². The lowest BCUT2D eigenvalue weighted by atomic mass is 9.74. The molecule has 1 aliphatic rings. The molecule has 3 atom stereocenters. The highest BCUT2D eigenvalue weighted by molar-refractivity contribution is 9.10. The number of rotatable bonds is 5. The first kappa shape index (κ1) is 17.0. The molecular formula is C18H29BrN2. The van der Waals surface area contributed by atoms with Crippen LogP contribution in [0.3, 0.4) is 0 Å². The first-order valence-electron chi connectivity index (χ1n) is 8.14. The zero-order valence-electron chi connectivity index (χ0n) is 13.6. The van der Waals surface area contributed by atoms with Gasteiger partial charge in [-0.05, 0) is 61.8 Å². The molecule has 2 rings (SSSR count). The van der Waals surface area contributed by atoms with Gasteiger partial charge >= 0.3 is 0 Å². The fourth-order valence-corrected chi connectivity index (χ4v) is 4.00. The number of hydrogen-bond donors (Lipinski definition) is 1. The fourth-order valence-electron chi connectivity index (χ4n) is 3.55. The van der Waals surface area contributed by atoms with E-state index in [9.17, 15) is 0 Å². The minimum atomic E-state index is 0.380.